The molecule has 1 saturated heterocycles. The van der Waals surface area contributed by atoms with E-state index in [1.54, 1.807) is 0 Å². The van der Waals surface area contributed by atoms with Crippen LogP contribution in [0.15, 0.2) is 0 Å². The molecule has 1 rings (SSSR count). The number of nitrogens with zero attached hydrogens (tertiary/aromatic N) is 1. The van der Waals surface area contributed by atoms with Crippen molar-refractivity contribution in [3.63, 3.8) is 0 Å². The third-order valence-electron chi connectivity index (χ3n) is 3.85. The zero-order valence-electron chi connectivity index (χ0n) is 13.4. The monoisotopic (exact) mass is 269 g/mol. The van der Waals surface area contributed by atoms with E-state index in [-0.39, 0.29) is 11.6 Å². The summed E-state index contributed by atoms with van der Waals surface area (Å²) in [4.78, 5) is 14.1. The number of hydrogen-bond donors (Lipinski definition) is 0. The van der Waals surface area contributed by atoms with Gasteiger partial charge in [0, 0.05) is 6.42 Å². The molecule has 0 spiro atoms. The SMILES string of the molecule is CC(C)C1CCN(CCCC(=O)OC(C)(C)C)CC1. The van der Waals surface area contributed by atoms with Crippen LogP contribution in [0, 0.1) is 11.8 Å². The van der Waals surface area contributed by atoms with Crippen molar-refractivity contribution in [1.82, 2.24) is 4.90 Å². The number of likely N-dealkylation sites (tertiary alicyclic amines) is 1. The van der Waals surface area contributed by atoms with Crippen LogP contribution in [0.1, 0.15) is 60.3 Å². The third kappa shape index (κ3) is 6.95. The van der Waals surface area contributed by atoms with Crippen molar-refractivity contribution < 1.29 is 9.53 Å². The maximum Gasteiger partial charge on any atom is 0.306 e. The highest BCUT2D eigenvalue weighted by atomic mass is 16.6. The molecule has 0 saturated carbocycles. The highest BCUT2D eigenvalue weighted by Crippen LogP contribution is 2.24. The van der Waals surface area contributed by atoms with E-state index in [1.807, 2.05) is 20.8 Å². The number of esters is 1. The van der Waals surface area contributed by atoms with Gasteiger partial charge in [-0.3, -0.25) is 4.79 Å². The van der Waals surface area contributed by atoms with Crippen molar-refractivity contribution in [2.75, 3.05) is 19.6 Å². The standard InChI is InChI=1S/C16H31NO2/c1-13(2)14-8-11-17(12-9-14)10-6-7-15(18)19-16(3,4)5/h13-14H,6-12H2,1-5H3. The first kappa shape index (κ1) is 16.5. The van der Waals surface area contributed by atoms with E-state index in [2.05, 4.69) is 18.7 Å². The maximum absolute atomic E-state index is 11.6. The predicted octanol–water partition coefficient (Wildman–Crippen LogP) is 3.48. The third-order valence-corrected chi connectivity index (χ3v) is 3.85. The van der Waals surface area contributed by atoms with Crippen molar-refractivity contribution in [2.45, 2.75) is 65.9 Å². The van der Waals surface area contributed by atoms with Crippen LogP contribution in [0.2, 0.25) is 0 Å². The number of hydrogen-bond acceptors (Lipinski definition) is 3. The molecule has 0 unspecified atom stereocenters. The van der Waals surface area contributed by atoms with Crippen molar-refractivity contribution >= 4 is 5.97 Å². The molecule has 1 aliphatic rings. The summed E-state index contributed by atoms with van der Waals surface area (Å²) in [6.45, 7) is 13.8. The second kappa shape index (κ2) is 7.28. The molecule has 112 valence electrons. The lowest BCUT2D eigenvalue weighted by Crippen LogP contribution is -2.36. The highest BCUT2D eigenvalue weighted by molar-refractivity contribution is 5.69. The summed E-state index contributed by atoms with van der Waals surface area (Å²) >= 11 is 0. The summed E-state index contributed by atoms with van der Waals surface area (Å²) in [5.41, 5.74) is -0.354. The van der Waals surface area contributed by atoms with E-state index in [4.69, 9.17) is 4.74 Å². The topological polar surface area (TPSA) is 29.5 Å². The summed E-state index contributed by atoms with van der Waals surface area (Å²) in [5.74, 6) is 1.63. The van der Waals surface area contributed by atoms with Crippen LogP contribution in [0.3, 0.4) is 0 Å². The number of piperidine rings is 1. The lowest BCUT2D eigenvalue weighted by Gasteiger charge is -2.33. The summed E-state index contributed by atoms with van der Waals surface area (Å²) < 4.78 is 5.32. The first-order valence-corrected chi connectivity index (χ1v) is 7.72. The Labute approximate surface area is 118 Å². The van der Waals surface area contributed by atoms with Gasteiger partial charge in [-0.05, 0) is 71.5 Å². The summed E-state index contributed by atoms with van der Waals surface area (Å²) in [5, 5.41) is 0. The lowest BCUT2D eigenvalue weighted by atomic mass is 9.87. The average Bonchev–Trinajstić information content (AvgIpc) is 2.27. The van der Waals surface area contributed by atoms with Crippen molar-refractivity contribution in [2.24, 2.45) is 11.8 Å². The molecule has 0 radical (unpaired) electrons. The number of ether oxygens (including phenoxy) is 1. The summed E-state index contributed by atoms with van der Waals surface area (Å²) in [6.07, 6.45) is 4.08. The molecule has 3 heteroatoms. The molecule has 0 amide bonds. The van der Waals surface area contributed by atoms with Crippen LogP contribution in [0.4, 0.5) is 0 Å². The Kier molecular flexibility index (Phi) is 6.31. The quantitative estimate of drug-likeness (QED) is 0.716. The van der Waals surface area contributed by atoms with Gasteiger partial charge in [-0.25, -0.2) is 0 Å². The van der Waals surface area contributed by atoms with E-state index in [1.165, 1.54) is 25.9 Å². The van der Waals surface area contributed by atoms with Gasteiger partial charge in [0.25, 0.3) is 0 Å². The molecule has 1 aliphatic heterocycles. The molecule has 19 heavy (non-hydrogen) atoms. The molecule has 0 aromatic rings. The van der Waals surface area contributed by atoms with Crippen LogP contribution in [0.5, 0.6) is 0 Å². The molecule has 0 aliphatic carbocycles. The molecule has 3 nitrogen and oxygen atoms in total. The molecule has 1 heterocycles. The van der Waals surface area contributed by atoms with Crippen LogP contribution >= 0.6 is 0 Å². The average molecular weight is 269 g/mol. The molecule has 0 aromatic carbocycles. The first-order valence-electron chi connectivity index (χ1n) is 7.72. The van der Waals surface area contributed by atoms with Crippen LogP contribution in [0.25, 0.3) is 0 Å². The van der Waals surface area contributed by atoms with Crippen molar-refractivity contribution in [3.05, 3.63) is 0 Å². The van der Waals surface area contributed by atoms with E-state index < -0.39 is 0 Å². The zero-order chi connectivity index (χ0) is 14.5. The first-order chi connectivity index (χ1) is 8.78. The fraction of sp³-hybridized carbons (Fsp3) is 0.938. The number of carbonyl (C=O) groups excluding carboxylic acids is 1. The van der Waals surface area contributed by atoms with Crippen molar-refractivity contribution in [1.29, 1.82) is 0 Å². The summed E-state index contributed by atoms with van der Waals surface area (Å²) in [7, 11) is 0. The van der Waals surface area contributed by atoms with Crippen LogP contribution in [-0.4, -0.2) is 36.1 Å². The highest BCUT2D eigenvalue weighted by Gasteiger charge is 2.21. The Balaban J connectivity index is 2.13. The van der Waals surface area contributed by atoms with Gasteiger partial charge in [-0.1, -0.05) is 13.8 Å². The van der Waals surface area contributed by atoms with E-state index in [0.29, 0.717) is 6.42 Å². The molecule has 0 aromatic heterocycles. The minimum Gasteiger partial charge on any atom is -0.460 e. The molecular weight excluding hydrogens is 238 g/mol. The minimum absolute atomic E-state index is 0.0652. The Hall–Kier alpha value is -0.570. The fourth-order valence-corrected chi connectivity index (χ4v) is 2.68. The smallest absolute Gasteiger partial charge is 0.306 e. The molecule has 1 fully saturated rings. The predicted molar refractivity (Wildman–Crippen MR) is 79.1 cm³/mol. The van der Waals surface area contributed by atoms with Gasteiger partial charge in [0.15, 0.2) is 0 Å². The molecule has 0 bridgehead atoms. The van der Waals surface area contributed by atoms with Crippen LogP contribution in [-0.2, 0) is 9.53 Å². The Morgan fingerprint density at radius 2 is 1.84 bits per heavy atom. The van der Waals surface area contributed by atoms with Gasteiger partial charge in [0.1, 0.15) is 5.60 Å². The van der Waals surface area contributed by atoms with Gasteiger partial charge < -0.3 is 9.64 Å². The van der Waals surface area contributed by atoms with Gasteiger partial charge in [-0.15, -0.1) is 0 Å². The van der Waals surface area contributed by atoms with Gasteiger partial charge in [0.05, 0.1) is 0 Å². The number of carbonyl (C=O) groups is 1. The minimum atomic E-state index is -0.354. The van der Waals surface area contributed by atoms with Crippen molar-refractivity contribution in [3.8, 4) is 0 Å². The van der Waals surface area contributed by atoms with Gasteiger partial charge >= 0.3 is 5.97 Å². The molecule has 0 N–H and O–H groups in total. The van der Waals surface area contributed by atoms with Gasteiger partial charge in [0.2, 0.25) is 0 Å². The summed E-state index contributed by atoms with van der Waals surface area (Å²) in [6, 6.07) is 0. The lowest BCUT2D eigenvalue weighted by molar-refractivity contribution is -0.155. The Bertz CT molecular complexity index is 273. The largest absolute Gasteiger partial charge is 0.460 e. The van der Waals surface area contributed by atoms with Gasteiger partial charge in [-0.2, -0.15) is 0 Å². The second-order valence-electron chi connectivity index (χ2n) is 7.11. The Morgan fingerprint density at radius 1 is 1.26 bits per heavy atom. The molecule has 0 atom stereocenters. The van der Waals surface area contributed by atoms with E-state index in [0.717, 1.165) is 24.8 Å². The zero-order valence-corrected chi connectivity index (χ0v) is 13.4. The Morgan fingerprint density at radius 3 is 2.32 bits per heavy atom. The molecular formula is C16H31NO2. The van der Waals surface area contributed by atoms with E-state index in [9.17, 15) is 4.79 Å². The fourth-order valence-electron chi connectivity index (χ4n) is 2.68. The van der Waals surface area contributed by atoms with Crippen LogP contribution < -0.4 is 0 Å². The number of rotatable bonds is 5. The maximum atomic E-state index is 11.6. The van der Waals surface area contributed by atoms with E-state index >= 15 is 0 Å². The normalized spacial score (nSPS) is 18.8. The second-order valence-corrected chi connectivity index (χ2v) is 7.11.